The summed E-state index contributed by atoms with van der Waals surface area (Å²) in [4.78, 5) is 4.30. The second-order valence-electron chi connectivity index (χ2n) is 3.27. The highest BCUT2D eigenvalue weighted by atomic mass is 15.0. The number of nitrogens with zero attached hydrogens (tertiary/aromatic N) is 1. The molecule has 1 aliphatic heterocycles. The number of hydrogen-bond donors (Lipinski definition) is 1. The molecule has 50 valence electrons. The fraction of sp³-hybridized carbons (Fsp3) is 0.857. The predicted octanol–water partition coefficient (Wildman–Crippen LogP) is 0.772. The zero-order valence-corrected chi connectivity index (χ0v) is 5.67. The number of rotatable bonds is 0. The van der Waals surface area contributed by atoms with Crippen LogP contribution in [0.3, 0.4) is 0 Å². The summed E-state index contributed by atoms with van der Waals surface area (Å²) in [6.45, 7) is 2.27. The molecule has 0 aromatic rings. The van der Waals surface area contributed by atoms with Crippen molar-refractivity contribution in [1.82, 2.24) is 0 Å². The Morgan fingerprint density at radius 2 is 2.44 bits per heavy atom. The maximum atomic E-state index is 5.59. The highest BCUT2D eigenvalue weighted by Crippen LogP contribution is 2.44. The molecule has 1 fully saturated rings. The average molecular weight is 124 g/mol. The van der Waals surface area contributed by atoms with Gasteiger partial charge in [0, 0.05) is 6.42 Å². The van der Waals surface area contributed by atoms with E-state index in [4.69, 9.17) is 5.73 Å². The van der Waals surface area contributed by atoms with Crippen LogP contribution in [0.4, 0.5) is 0 Å². The quantitative estimate of drug-likeness (QED) is 0.509. The maximum absolute atomic E-state index is 5.59. The van der Waals surface area contributed by atoms with Crippen LogP contribution in [-0.2, 0) is 0 Å². The van der Waals surface area contributed by atoms with E-state index in [-0.39, 0.29) is 0 Å². The number of amidine groups is 1. The normalized spacial score (nSPS) is 47.7. The zero-order chi connectivity index (χ0) is 6.43. The molecule has 0 saturated heterocycles. The second kappa shape index (κ2) is 1.49. The van der Waals surface area contributed by atoms with E-state index in [1.165, 1.54) is 6.42 Å². The summed E-state index contributed by atoms with van der Waals surface area (Å²) in [6, 6.07) is 0.619. The third-order valence-corrected chi connectivity index (χ3v) is 2.40. The Morgan fingerprint density at radius 3 is 3.11 bits per heavy atom. The Balaban J connectivity index is 2.16. The summed E-state index contributed by atoms with van der Waals surface area (Å²) in [7, 11) is 0. The number of nitrogens with two attached hydrogens (primary N) is 1. The first-order chi connectivity index (χ1) is 4.27. The van der Waals surface area contributed by atoms with Crippen molar-refractivity contribution >= 4 is 5.84 Å². The zero-order valence-electron chi connectivity index (χ0n) is 5.67. The van der Waals surface area contributed by atoms with Crippen molar-refractivity contribution in [3.8, 4) is 0 Å². The van der Waals surface area contributed by atoms with Gasteiger partial charge in [0.05, 0.1) is 11.9 Å². The fourth-order valence-electron chi connectivity index (χ4n) is 1.71. The second-order valence-corrected chi connectivity index (χ2v) is 3.27. The van der Waals surface area contributed by atoms with Crippen molar-refractivity contribution in [2.24, 2.45) is 22.6 Å². The molecule has 0 spiro atoms. The summed E-state index contributed by atoms with van der Waals surface area (Å²) in [5.74, 6) is 2.56. The molecule has 2 aliphatic rings. The van der Waals surface area contributed by atoms with E-state index >= 15 is 0 Å². The monoisotopic (exact) mass is 124 g/mol. The molecule has 1 saturated carbocycles. The summed E-state index contributed by atoms with van der Waals surface area (Å²) >= 11 is 0. The SMILES string of the molecule is C[C@H]1CC(N)=N[C@H]2C[C@H]21. The molecule has 9 heavy (non-hydrogen) atoms. The Labute approximate surface area is 55.2 Å². The minimum Gasteiger partial charge on any atom is -0.387 e. The Bertz CT molecular complexity index is 162. The smallest absolute Gasteiger partial charge is 0.0943 e. The number of fused-ring (bicyclic) bond motifs is 1. The molecular formula is C7H12N2. The molecule has 3 atom stereocenters. The molecule has 0 radical (unpaired) electrons. The lowest BCUT2D eigenvalue weighted by molar-refractivity contribution is 0.498. The van der Waals surface area contributed by atoms with E-state index in [0.717, 1.165) is 24.1 Å². The summed E-state index contributed by atoms with van der Waals surface area (Å²) in [5.41, 5.74) is 5.59. The summed E-state index contributed by atoms with van der Waals surface area (Å²) in [6.07, 6.45) is 2.32. The molecule has 2 heteroatoms. The first-order valence-electron chi connectivity index (χ1n) is 3.59. The van der Waals surface area contributed by atoms with Crippen LogP contribution >= 0.6 is 0 Å². The van der Waals surface area contributed by atoms with Crippen molar-refractivity contribution in [2.45, 2.75) is 25.8 Å². The number of aliphatic imine (C=N–C) groups is 1. The molecule has 0 amide bonds. The van der Waals surface area contributed by atoms with Gasteiger partial charge in [-0.25, -0.2) is 0 Å². The molecule has 2 rings (SSSR count). The predicted molar refractivity (Wildman–Crippen MR) is 37.3 cm³/mol. The van der Waals surface area contributed by atoms with Gasteiger partial charge in [-0.1, -0.05) is 6.92 Å². The van der Waals surface area contributed by atoms with Crippen LogP contribution in [0.25, 0.3) is 0 Å². The van der Waals surface area contributed by atoms with E-state index < -0.39 is 0 Å². The summed E-state index contributed by atoms with van der Waals surface area (Å²) < 4.78 is 0. The van der Waals surface area contributed by atoms with Crippen LogP contribution in [-0.4, -0.2) is 11.9 Å². The first kappa shape index (κ1) is 5.27. The minimum absolute atomic E-state index is 0.619. The van der Waals surface area contributed by atoms with Crippen LogP contribution in [0.2, 0.25) is 0 Å². The molecule has 0 aromatic carbocycles. The van der Waals surface area contributed by atoms with Crippen LogP contribution < -0.4 is 5.73 Å². The topological polar surface area (TPSA) is 38.4 Å². The van der Waals surface area contributed by atoms with Gasteiger partial charge in [-0.05, 0) is 18.3 Å². The van der Waals surface area contributed by atoms with Gasteiger partial charge in [0.15, 0.2) is 0 Å². The molecule has 0 bridgehead atoms. The van der Waals surface area contributed by atoms with E-state index in [1.807, 2.05) is 0 Å². The molecule has 1 aliphatic carbocycles. The van der Waals surface area contributed by atoms with Crippen LogP contribution in [0, 0.1) is 11.8 Å². The lowest BCUT2D eigenvalue weighted by Gasteiger charge is -2.13. The van der Waals surface area contributed by atoms with Crippen molar-refractivity contribution in [3.63, 3.8) is 0 Å². The van der Waals surface area contributed by atoms with Gasteiger partial charge in [-0.2, -0.15) is 0 Å². The molecule has 0 aromatic heterocycles. The molecule has 2 nitrogen and oxygen atoms in total. The van der Waals surface area contributed by atoms with Crippen molar-refractivity contribution < 1.29 is 0 Å². The van der Waals surface area contributed by atoms with Gasteiger partial charge in [-0.3, -0.25) is 4.99 Å². The lowest BCUT2D eigenvalue weighted by Crippen LogP contribution is -2.22. The van der Waals surface area contributed by atoms with Gasteiger partial charge in [0.2, 0.25) is 0 Å². The van der Waals surface area contributed by atoms with Gasteiger partial charge >= 0.3 is 0 Å². The first-order valence-corrected chi connectivity index (χ1v) is 3.59. The van der Waals surface area contributed by atoms with Gasteiger partial charge in [0.25, 0.3) is 0 Å². The third kappa shape index (κ3) is 0.732. The fourth-order valence-corrected chi connectivity index (χ4v) is 1.71. The highest BCUT2D eigenvalue weighted by Gasteiger charge is 2.43. The van der Waals surface area contributed by atoms with E-state index in [1.54, 1.807) is 0 Å². The molecule has 0 unspecified atom stereocenters. The average Bonchev–Trinajstić information content (AvgIpc) is 2.43. The van der Waals surface area contributed by atoms with Crippen LogP contribution in [0.1, 0.15) is 19.8 Å². The van der Waals surface area contributed by atoms with E-state index in [2.05, 4.69) is 11.9 Å². The van der Waals surface area contributed by atoms with Crippen molar-refractivity contribution in [1.29, 1.82) is 0 Å². The van der Waals surface area contributed by atoms with Gasteiger partial charge in [-0.15, -0.1) is 0 Å². The van der Waals surface area contributed by atoms with E-state index in [0.29, 0.717) is 6.04 Å². The van der Waals surface area contributed by atoms with Gasteiger partial charge < -0.3 is 5.73 Å². The maximum Gasteiger partial charge on any atom is 0.0943 e. The van der Waals surface area contributed by atoms with Gasteiger partial charge in [0.1, 0.15) is 0 Å². The Hall–Kier alpha value is -0.530. The van der Waals surface area contributed by atoms with Crippen molar-refractivity contribution in [2.75, 3.05) is 0 Å². The minimum atomic E-state index is 0.619. The third-order valence-electron chi connectivity index (χ3n) is 2.40. The van der Waals surface area contributed by atoms with Crippen molar-refractivity contribution in [3.05, 3.63) is 0 Å². The summed E-state index contributed by atoms with van der Waals surface area (Å²) in [5, 5.41) is 0. The standard InChI is InChI=1S/C7H12N2/c1-4-2-7(8)9-6-3-5(4)6/h4-6H,2-3H2,1H3,(H2,8,9)/t4-,5-,6-/m0/s1. The molecule has 1 heterocycles. The van der Waals surface area contributed by atoms with Crippen LogP contribution in [0.15, 0.2) is 4.99 Å². The Morgan fingerprint density at radius 1 is 1.67 bits per heavy atom. The molecular weight excluding hydrogens is 112 g/mol. The highest BCUT2D eigenvalue weighted by molar-refractivity contribution is 5.81. The Kier molecular flexibility index (Phi) is 0.875. The van der Waals surface area contributed by atoms with Crippen LogP contribution in [0.5, 0.6) is 0 Å². The van der Waals surface area contributed by atoms with E-state index in [9.17, 15) is 0 Å². The lowest BCUT2D eigenvalue weighted by atomic mass is 9.99. The molecule has 2 N–H and O–H groups in total. The largest absolute Gasteiger partial charge is 0.387 e. The number of hydrogen-bond acceptors (Lipinski definition) is 2.